The van der Waals surface area contributed by atoms with Gasteiger partial charge in [0.25, 0.3) is 0 Å². The number of nitrogens with zero attached hydrogens (tertiary/aromatic N) is 3. The molecule has 1 heterocycles. The molecule has 0 aliphatic carbocycles. The van der Waals surface area contributed by atoms with Gasteiger partial charge in [0.15, 0.2) is 0 Å². The molecule has 2 aromatic carbocycles. The summed E-state index contributed by atoms with van der Waals surface area (Å²) in [5.74, 6) is 0.667. The van der Waals surface area contributed by atoms with E-state index in [-0.39, 0.29) is 0 Å². The summed E-state index contributed by atoms with van der Waals surface area (Å²) in [4.78, 5) is 10.7. The summed E-state index contributed by atoms with van der Waals surface area (Å²) < 4.78 is 0. The van der Waals surface area contributed by atoms with E-state index < -0.39 is 0 Å². The van der Waals surface area contributed by atoms with E-state index >= 15 is 0 Å². The fourth-order valence-corrected chi connectivity index (χ4v) is 1.94. The third-order valence-corrected chi connectivity index (χ3v) is 2.78. The van der Waals surface area contributed by atoms with E-state index in [1.54, 1.807) is 12.4 Å². The number of hydrogen-bond acceptors (Lipinski definition) is 3. The maximum atomic E-state index is 4.35. The SMILES string of the molecule is c1ccc(N(c2ccccc2)c2ncccn2)cc1. The lowest BCUT2D eigenvalue weighted by molar-refractivity contribution is 1.08. The van der Waals surface area contributed by atoms with Gasteiger partial charge in [0, 0.05) is 23.8 Å². The molecule has 0 amide bonds. The van der Waals surface area contributed by atoms with Crippen LogP contribution < -0.4 is 4.90 Å². The van der Waals surface area contributed by atoms with Gasteiger partial charge in [0.2, 0.25) is 5.95 Å². The summed E-state index contributed by atoms with van der Waals surface area (Å²) in [6.45, 7) is 0. The summed E-state index contributed by atoms with van der Waals surface area (Å²) in [6.07, 6.45) is 3.50. The fraction of sp³-hybridized carbons (Fsp3) is 0. The van der Waals surface area contributed by atoms with Gasteiger partial charge in [-0.1, -0.05) is 36.4 Å². The Labute approximate surface area is 112 Å². The van der Waals surface area contributed by atoms with Gasteiger partial charge in [-0.2, -0.15) is 0 Å². The van der Waals surface area contributed by atoms with Gasteiger partial charge >= 0.3 is 0 Å². The van der Waals surface area contributed by atoms with Crippen molar-refractivity contribution in [3.05, 3.63) is 79.1 Å². The van der Waals surface area contributed by atoms with Crippen molar-refractivity contribution in [3.63, 3.8) is 0 Å². The molecule has 3 aromatic rings. The van der Waals surface area contributed by atoms with Gasteiger partial charge in [-0.05, 0) is 30.3 Å². The van der Waals surface area contributed by atoms with Crippen LogP contribution in [-0.2, 0) is 0 Å². The Bertz CT molecular complexity index is 530. The molecule has 0 radical (unpaired) electrons. The van der Waals surface area contributed by atoms with E-state index in [4.69, 9.17) is 0 Å². The average molecular weight is 247 g/mol. The smallest absolute Gasteiger partial charge is 0.234 e. The summed E-state index contributed by atoms with van der Waals surface area (Å²) in [6, 6.07) is 22.0. The van der Waals surface area contributed by atoms with E-state index in [2.05, 4.69) is 9.97 Å². The first-order chi connectivity index (χ1) is 9.45. The molecular formula is C16H13N3. The Morgan fingerprint density at radius 3 is 1.53 bits per heavy atom. The molecule has 0 fully saturated rings. The van der Waals surface area contributed by atoms with Crippen molar-refractivity contribution >= 4 is 17.3 Å². The monoisotopic (exact) mass is 247 g/mol. The van der Waals surface area contributed by atoms with Crippen molar-refractivity contribution < 1.29 is 0 Å². The molecule has 3 rings (SSSR count). The molecule has 0 atom stereocenters. The molecule has 0 N–H and O–H groups in total. The van der Waals surface area contributed by atoms with Crippen molar-refractivity contribution in [1.29, 1.82) is 0 Å². The Morgan fingerprint density at radius 1 is 0.579 bits per heavy atom. The standard InChI is InChI=1S/C16H13N3/c1-3-8-14(9-4-1)19(15-10-5-2-6-11-15)16-17-12-7-13-18-16/h1-13H. The zero-order valence-electron chi connectivity index (χ0n) is 10.3. The highest BCUT2D eigenvalue weighted by Crippen LogP contribution is 2.30. The summed E-state index contributed by atoms with van der Waals surface area (Å²) in [5.41, 5.74) is 2.08. The highest BCUT2D eigenvalue weighted by Gasteiger charge is 2.13. The molecule has 19 heavy (non-hydrogen) atoms. The molecular weight excluding hydrogens is 234 g/mol. The lowest BCUT2D eigenvalue weighted by Gasteiger charge is -2.22. The number of anilines is 3. The molecule has 0 aliphatic rings. The largest absolute Gasteiger partial charge is 0.279 e. The van der Waals surface area contributed by atoms with Crippen LogP contribution in [0.4, 0.5) is 17.3 Å². The number of benzene rings is 2. The normalized spacial score (nSPS) is 10.1. The van der Waals surface area contributed by atoms with Crippen molar-refractivity contribution in [1.82, 2.24) is 9.97 Å². The lowest BCUT2D eigenvalue weighted by Crippen LogP contribution is -2.12. The molecule has 3 heteroatoms. The molecule has 92 valence electrons. The summed E-state index contributed by atoms with van der Waals surface area (Å²) >= 11 is 0. The number of aromatic nitrogens is 2. The van der Waals surface area contributed by atoms with Crippen molar-refractivity contribution in [3.8, 4) is 0 Å². The second kappa shape index (κ2) is 5.31. The van der Waals surface area contributed by atoms with Crippen LogP contribution >= 0.6 is 0 Å². The molecule has 1 aromatic heterocycles. The molecule has 0 bridgehead atoms. The van der Waals surface area contributed by atoms with Crippen LogP contribution in [-0.4, -0.2) is 9.97 Å². The Balaban J connectivity index is 2.12. The second-order valence-electron chi connectivity index (χ2n) is 4.06. The van der Waals surface area contributed by atoms with Gasteiger partial charge in [0.05, 0.1) is 0 Å². The molecule has 0 aliphatic heterocycles. The Morgan fingerprint density at radius 2 is 1.05 bits per heavy atom. The maximum Gasteiger partial charge on any atom is 0.234 e. The van der Waals surface area contributed by atoms with Crippen molar-refractivity contribution in [2.24, 2.45) is 0 Å². The summed E-state index contributed by atoms with van der Waals surface area (Å²) in [7, 11) is 0. The molecule has 0 spiro atoms. The van der Waals surface area contributed by atoms with Gasteiger partial charge in [-0.15, -0.1) is 0 Å². The van der Waals surface area contributed by atoms with E-state index in [9.17, 15) is 0 Å². The lowest BCUT2D eigenvalue weighted by atomic mass is 10.2. The van der Waals surface area contributed by atoms with E-state index in [0.29, 0.717) is 5.95 Å². The van der Waals surface area contributed by atoms with E-state index in [1.165, 1.54) is 0 Å². The molecule has 0 saturated heterocycles. The van der Waals surface area contributed by atoms with Crippen LogP contribution in [0, 0.1) is 0 Å². The average Bonchev–Trinajstić information content (AvgIpc) is 2.51. The number of para-hydroxylation sites is 2. The van der Waals surface area contributed by atoms with Crippen LogP contribution in [0.25, 0.3) is 0 Å². The van der Waals surface area contributed by atoms with Crippen molar-refractivity contribution in [2.45, 2.75) is 0 Å². The third-order valence-electron chi connectivity index (χ3n) is 2.78. The maximum absolute atomic E-state index is 4.35. The van der Waals surface area contributed by atoms with Gasteiger partial charge in [-0.3, -0.25) is 4.90 Å². The highest BCUT2D eigenvalue weighted by molar-refractivity contribution is 5.72. The van der Waals surface area contributed by atoms with Crippen molar-refractivity contribution in [2.75, 3.05) is 4.90 Å². The van der Waals surface area contributed by atoms with Gasteiger partial charge in [0.1, 0.15) is 0 Å². The van der Waals surface area contributed by atoms with Crippen LogP contribution in [0.3, 0.4) is 0 Å². The molecule has 0 saturated carbocycles. The fourth-order valence-electron chi connectivity index (χ4n) is 1.94. The first-order valence-corrected chi connectivity index (χ1v) is 6.12. The predicted octanol–water partition coefficient (Wildman–Crippen LogP) is 3.95. The van der Waals surface area contributed by atoms with E-state index in [0.717, 1.165) is 11.4 Å². The predicted molar refractivity (Wildman–Crippen MR) is 76.7 cm³/mol. The Kier molecular flexibility index (Phi) is 3.19. The summed E-state index contributed by atoms with van der Waals surface area (Å²) in [5, 5.41) is 0. The zero-order valence-corrected chi connectivity index (χ0v) is 10.3. The third kappa shape index (κ3) is 2.45. The molecule has 0 unspecified atom stereocenters. The minimum Gasteiger partial charge on any atom is -0.279 e. The van der Waals surface area contributed by atoms with E-state index in [1.807, 2.05) is 71.6 Å². The first-order valence-electron chi connectivity index (χ1n) is 6.12. The van der Waals surface area contributed by atoms with Gasteiger partial charge < -0.3 is 0 Å². The number of hydrogen-bond donors (Lipinski definition) is 0. The zero-order chi connectivity index (χ0) is 12.9. The highest BCUT2D eigenvalue weighted by atomic mass is 15.3. The van der Waals surface area contributed by atoms with Crippen LogP contribution in [0.2, 0.25) is 0 Å². The second-order valence-corrected chi connectivity index (χ2v) is 4.06. The van der Waals surface area contributed by atoms with Crippen LogP contribution in [0.5, 0.6) is 0 Å². The first kappa shape index (κ1) is 11.4. The van der Waals surface area contributed by atoms with Gasteiger partial charge in [-0.25, -0.2) is 9.97 Å². The van der Waals surface area contributed by atoms with Crippen LogP contribution in [0.1, 0.15) is 0 Å². The van der Waals surface area contributed by atoms with Crippen LogP contribution in [0.15, 0.2) is 79.1 Å². The Hall–Kier alpha value is -2.68. The minimum absolute atomic E-state index is 0.667. The topological polar surface area (TPSA) is 29.0 Å². The number of rotatable bonds is 3. The quantitative estimate of drug-likeness (QED) is 0.701. The minimum atomic E-state index is 0.667. The molecule has 3 nitrogen and oxygen atoms in total.